The Hall–Kier alpha value is -6.97. The van der Waals surface area contributed by atoms with Crippen LogP contribution in [0.1, 0.15) is 25.0 Å². The summed E-state index contributed by atoms with van der Waals surface area (Å²) in [5, 5.41) is 2.31. The van der Waals surface area contributed by atoms with Gasteiger partial charge in [0, 0.05) is 22.1 Å². The quantitative estimate of drug-likeness (QED) is 0.173. The molecule has 0 fully saturated rings. The smallest absolute Gasteiger partial charge is 0.164 e. The van der Waals surface area contributed by atoms with Gasteiger partial charge in [0.05, 0.1) is 0 Å². The van der Waals surface area contributed by atoms with E-state index in [2.05, 4.69) is 190 Å². The molecule has 55 heavy (non-hydrogen) atoms. The van der Waals surface area contributed by atoms with Crippen LogP contribution in [0.25, 0.3) is 89.4 Å². The summed E-state index contributed by atoms with van der Waals surface area (Å²) in [4.78, 5) is 15.4. The highest BCUT2D eigenvalue weighted by Gasteiger charge is 2.35. The van der Waals surface area contributed by atoms with Crippen molar-refractivity contribution in [2.45, 2.75) is 19.3 Å². The topological polar surface area (TPSA) is 38.7 Å². The van der Waals surface area contributed by atoms with E-state index in [1.165, 1.54) is 38.8 Å². The van der Waals surface area contributed by atoms with Gasteiger partial charge in [0.15, 0.2) is 17.5 Å². The molecular formula is C52H37N3. The van der Waals surface area contributed by atoms with Gasteiger partial charge in [-0.25, -0.2) is 15.0 Å². The summed E-state index contributed by atoms with van der Waals surface area (Å²) in [5.41, 5.74) is 15.1. The zero-order valence-electron chi connectivity index (χ0n) is 30.7. The van der Waals surface area contributed by atoms with Crippen LogP contribution in [0, 0.1) is 0 Å². The maximum atomic E-state index is 5.15. The highest BCUT2D eigenvalue weighted by molar-refractivity contribution is 5.92. The lowest BCUT2D eigenvalue weighted by Crippen LogP contribution is -2.14. The van der Waals surface area contributed by atoms with Gasteiger partial charge in [0.1, 0.15) is 0 Å². The fourth-order valence-electron chi connectivity index (χ4n) is 8.15. The summed E-state index contributed by atoms with van der Waals surface area (Å²) in [6.07, 6.45) is 0. The van der Waals surface area contributed by atoms with Gasteiger partial charge < -0.3 is 0 Å². The molecule has 0 atom stereocenters. The van der Waals surface area contributed by atoms with Gasteiger partial charge in [0.2, 0.25) is 0 Å². The summed E-state index contributed by atoms with van der Waals surface area (Å²) in [7, 11) is 0. The first-order valence-electron chi connectivity index (χ1n) is 18.8. The first-order chi connectivity index (χ1) is 27.0. The molecule has 260 valence electrons. The Balaban J connectivity index is 1.08. The van der Waals surface area contributed by atoms with E-state index < -0.39 is 0 Å². The van der Waals surface area contributed by atoms with Crippen molar-refractivity contribution in [1.82, 2.24) is 15.0 Å². The number of hydrogen-bond acceptors (Lipinski definition) is 3. The number of fused-ring (bicyclic) bond motifs is 4. The van der Waals surface area contributed by atoms with Gasteiger partial charge in [-0.05, 0) is 96.7 Å². The highest BCUT2D eigenvalue weighted by atomic mass is 15.0. The second-order valence-corrected chi connectivity index (χ2v) is 14.9. The third kappa shape index (κ3) is 5.91. The molecule has 8 aromatic carbocycles. The number of hydrogen-bond donors (Lipinski definition) is 0. The molecule has 1 aliphatic carbocycles. The third-order valence-electron chi connectivity index (χ3n) is 11.1. The minimum Gasteiger partial charge on any atom is -0.208 e. The molecule has 9 aromatic rings. The number of aromatic nitrogens is 3. The Morgan fingerprint density at radius 2 is 0.709 bits per heavy atom. The fourth-order valence-corrected chi connectivity index (χ4v) is 8.15. The van der Waals surface area contributed by atoms with E-state index in [4.69, 9.17) is 15.0 Å². The second kappa shape index (κ2) is 13.2. The molecule has 0 N–H and O–H groups in total. The number of nitrogens with zero attached hydrogens (tertiary/aromatic N) is 3. The second-order valence-electron chi connectivity index (χ2n) is 14.9. The van der Waals surface area contributed by atoms with Crippen molar-refractivity contribution in [3.8, 4) is 78.7 Å². The van der Waals surface area contributed by atoms with Gasteiger partial charge in [-0.1, -0.05) is 172 Å². The van der Waals surface area contributed by atoms with Crippen LogP contribution in [0.2, 0.25) is 0 Å². The molecule has 10 rings (SSSR count). The Morgan fingerprint density at radius 3 is 1.33 bits per heavy atom. The van der Waals surface area contributed by atoms with Crippen molar-refractivity contribution in [1.29, 1.82) is 0 Å². The first kappa shape index (κ1) is 32.7. The molecule has 0 amide bonds. The number of benzene rings is 8. The minimum absolute atomic E-state index is 0.0543. The molecular weight excluding hydrogens is 667 g/mol. The molecule has 0 bridgehead atoms. The van der Waals surface area contributed by atoms with Gasteiger partial charge in [-0.2, -0.15) is 0 Å². The summed E-state index contributed by atoms with van der Waals surface area (Å²) in [6.45, 7) is 4.67. The average Bonchev–Trinajstić information content (AvgIpc) is 3.49. The van der Waals surface area contributed by atoms with Gasteiger partial charge in [-0.3, -0.25) is 0 Å². The predicted molar refractivity (Wildman–Crippen MR) is 228 cm³/mol. The van der Waals surface area contributed by atoms with E-state index in [0.29, 0.717) is 17.5 Å². The highest BCUT2D eigenvalue weighted by Crippen LogP contribution is 2.49. The van der Waals surface area contributed by atoms with E-state index in [1.54, 1.807) is 0 Å². The zero-order valence-corrected chi connectivity index (χ0v) is 30.7. The van der Waals surface area contributed by atoms with Gasteiger partial charge in [-0.15, -0.1) is 0 Å². The minimum atomic E-state index is -0.0543. The standard InChI is InChI=1S/C52H37N3/c1-52(2)47-22-10-9-21-45(47)46-28-27-40(33-48(46)52)39-25-23-36-24-26-43(32-44(36)31-39)51-54-49(41-19-11-17-37(29-41)34-13-5-3-6-14-34)53-50(55-51)42-20-12-18-38(30-42)35-15-7-4-8-16-35/h3-33H,1-2H3. The molecule has 0 saturated carbocycles. The van der Waals surface area contributed by atoms with Crippen LogP contribution in [0.5, 0.6) is 0 Å². The maximum Gasteiger partial charge on any atom is 0.164 e. The van der Waals surface area contributed by atoms with Gasteiger partial charge in [0.25, 0.3) is 0 Å². The van der Waals surface area contributed by atoms with Crippen molar-refractivity contribution in [2.24, 2.45) is 0 Å². The Kier molecular flexibility index (Phi) is 7.81. The molecule has 1 aliphatic rings. The van der Waals surface area contributed by atoms with Crippen LogP contribution in [0.3, 0.4) is 0 Å². The van der Waals surface area contributed by atoms with Crippen LogP contribution in [0.4, 0.5) is 0 Å². The lowest BCUT2D eigenvalue weighted by molar-refractivity contribution is 0.660. The number of rotatable bonds is 6. The predicted octanol–water partition coefficient (Wildman–Crippen LogP) is 13.3. The van der Waals surface area contributed by atoms with E-state index >= 15 is 0 Å². The fraction of sp³-hybridized carbons (Fsp3) is 0.0577. The third-order valence-corrected chi connectivity index (χ3v) is 11.1. The van der Waals surface area contributed by atoms with Crippen molar-refractivity contribution in [2.75, 3.05) is 0 Å². The van der Waals surface area contributed by atoms with Crippen LogP contribution < -0.4 is 0 Å². The molecule has 0 spiro atoms. The van der Waals surface area contributed by atoms with Crippen LogP contribution in [-0.2, 0) is 5.41 Å². The summed E-state index contributed by atoms with van der Waals surface area (Å²) >= 11 is 0. The molecule has 3 nitrogen and oxygen atoms in total. The summed E-state index contributed by atoms with van der Waals surface area (Å²) < 4.78 is 0. The molecule has 0 saturated heterocycles. The van der Waals surface area contributed by atoms with Crippen LogP contribution >= 0.6 is 0 Å². The Bertz CT molecular complexity index is 2790. The first-order valence-corrected chi connectivity index (χ1v) is 18.8. The lowest BCUT2D eigenvalue weighted by Gasteiger charge is -2.22. The zero-order chi connectivity index (χ0) is 36.9. The van der Waals surface area contributed by atoms with Crippen molar-refractivity contribution in [3.63, 3.8) is 0 Å². The summed E-state index contributed by atoms with van der Waals surface area (Å²) in [5.74, 6) is 1.91. The van der Waals surface area contributed by atoms with E-state index in [9.17, 15) is 0 Å². The lowest BCUT2D eigenvalue weighted by atomic mass is 9.81. The SMILES string of the molecule is CC1(C)c2ccccc2-c2ccc(-c3ccc4ccc(-c5nc(-c6cccc(-c7ccccc7)c6)nc(-c6cccc(-c7ccccc7)c6)n5)cc4c3)cc21. The average molecular weight is 704 g/mol. The maximum absolute atomic E-state index is 5.15. The molecule has 3 heteroatoms. The Morgan fingerprint density at radius 1 is 0.291 bits per heavy atom. The largest absolute Gasteiger partial charge is 0.208 e. The van der Waals surface area contributed by atoms with Gasteiger partial charge >= 0.3 is 0 Å². The molecule has 0 aliphatic heterocycles. The van der Waals surface area contributed by atoms with Crippen molar-refractivity contribution < 1.29 is 0 Å². The normalized spacial score (nSPS) is 12.7. The Labute approximate surface area is 321 Å². The van der Waals surface area contributed by atoms with Crippen molar-refractivity contribution >= 4 is 10.8 Å². The monoisotopic (exact) mass is 703 g/mol. The molecule has 1 aromatic heterocycles. The van der Waals surface area contributed by atoms with E-state index in [1.807, 2.05) is 12.1 Å². The molecule has 0 radical (unpaired) electrons. The van der Waals surface area contributed by atoms with Crippen LogP contribution in [-0.4, -0.2) is 15.0 Å². The van der Waals surface area contributed by atoms with Crippen molar-refractivity contribution in [3.05, 3.63) is 199 Å². The summed E-state index contributed by atoms with van der Waals surface area (Å²) in [6, 6.07) is 66.8. The molecule has 1 heterocycles. The van der Waals surface area contributed by atoms with Crippen LogP contribution in [0.15, 0.2) is 188 Å². The molecule has 0 unspecified atom stereocenters. The van der Waals surface area contributed by atoms with E-state index in [0.717, 1.165) is 44.3 Å². The van der Waals surface area contributed by atoms with E-state index in [-0.39, 0.29) is 5.41 Å².